The first kappa shape index (κ1) is 12.6. The van der Waals surface area contributed by atoms with Gasteiger partial charge >= 0.3 is 0 Å². The van der Waals surface area contributed by atoms with Gasteiger partial charge in [-0.05, 0) is 19.9 Å². The van der Waals surface area contributed by atoms with Gasteiger partial charge in [0.05, 0.1) is 14.2 Å². The number of methoxy groups -OCH3 is 2. The van der Waals surface area contributed by atoms with Crippen LogP contribution < -0.4 is 15.2 Å². The second-order valence-electron chi connectivity index (χ2n) is 3.76. The van der Waals surface area contributed by atoms with Crippen molar-refractivity contribution in [2.45, 2.75) is 19.9 Å². The lowest BCUT2D eigenvalue weighted by molar-refractivity contribution is 0.354. The number of benzene rings is 1. The summed E-state index contributed by atoms with van der Waals surface area (Å²) in [5, 5.41) is 0. The van der Waals surface area contributed by atoms with Crippen molar-refractivity contribution >= 4 is 6.08 Å². The lowest BCUT2D eigenvalue weighted by atomic mass is 10.1. The molecule has 0 fully saturated rings. The molecular weight excluding hydrogens is 202 g/mol. The second-order valence-corrected chi connectivity index (χ2v) is 3.76. The zero-order valence-electron chi connectivity index (χ0n) is 10.3. The number of rotatable bonds is 4. The maximum Gasteiger partial charge on any atom is 0.167 e. The van der Waals surface area contributed by atoms with Crippen LogP contribution in [0.3, 0.4) is 0 Å². The summed E-state index contributed by atoms with van der Waals surface area (Å²) in [5.41, 5.74) is 7.89. The SMILES string of the molecule is COc1cccc(/C=C(/C)C(C)N)c1OC. The molecule has 0 aliphatic heterocycles. The molecule has 2 N–H and O–H groups in total. The van der Waals surface area contributed by atoms with E-state index in [-0.39, 0.29) is 6.04 Å². The molecule has 1 aromatic rings. The van der Waals surface area contributed by atoms with Gasteiger partial charge < -0.3 is 15.2 Å². The van der Waals surface area contributed by atoms with Gasteiger partial charge in [-0.1, -0.05) is 23.8 Å². The van der Waals surface area contributed by atoms with Crippen molar-refractivity contribution < 1.29 is 9.47 Å². The van der Waals surface area contributed by atoms with Crippen LogP contribution in [-0.4, -0.2) is 20.3 Å². The van der Waals surface area contributed by atoms with E-state index in [1.165, 1.54) is 0 Å². The van der Waals surface area contributed by atoms with Gasteiger partial charge in [-0.2, -0.15) is 0 Å². The van der Waals surface area contributed by atoms with E-state index in [0.29, 0.717) is 0 Å². The Kier molecular flexibility index (Phi) is 4.38. The molecule has 1 atom stereocenters. The quantitative estimate of drug-likeness (QED) is 0.849. The van der Waals surface area contributed by atoms with Crippen molar-refractivity contribution in [1.29, 1.82) is 0 Å². The van der Waals surface area contributed by atoms with Crippen LogP contribution in [0.2, 0.25) is 0 Å². The molecular formula is C13H19NO2. The van der Waals surface area contributed by atoms with E-state index in [1.54, 1.807) is 14.2 Å². The first-order valence-corrected chi connectivity index (χ1v) is 5.25. The minimum atomic E-state index is 0.0379. The highest BCUT2D eigenvalue weighted by Crippen LogP contribution is 2.32. The molecule has 0 saturated heterocycles. The zero-order chi connectivity index (χ0) is 12.1. The molecule has 1 unspecified atom stereocenters. The fraction of sp³-hybridized carbons (Fsp3) is 0.385. The highest BCUT2D eigenvalue weighted by molar-refractivity contribution is 5.64. The van der Waals surface area contributed by atoms with Crippen molar-refractivity contribution in [1.82, 2.24) is 0 Å². The summed E-state index contributed by atoms with van der Waals surface area (Å²) in [6, 6.07) is 5.82. The molecule has 0 amide bonds. The second kappa shape index (κ2) is 5.56. The summed E-state index contributed by atoms with van der Waals surface area (Å²) in [6.07, 6.45) is 2.02. The van der Waals surface area contributed by atoms with Crippen LogP contribution in [0.5, 0.6) is 11.5 Å². The molecule has 0 aliphatic rings. The highest BCUT2D eigenvalue weighted by atomic mass is 16.5. The maximum absolute atomic E-state index is 5.81. The molecule has 0 heterocycles. The van der Waals surface area contributed by atoms with Crippen molar-refractivity contribution in [3.05, 3.63) is 29.3 Å². The van der Waals surface area contributed by atoms with Gasteiger partial charge in [-0.15, -0.1) is 0 Å². The van der Waals surface area contributed by atoms with Gasteiger partial charge in [0.1, 0.15) is 0 Å². The van der Waals surface area contributed by atoms with E-state index in [0.717, 1.165) is 22.6 Å². The average molecular weight is 221 g/mol. The van der Waals surface area contributed by atoms with Gasteiger partial charge in [0.15, 0.2) is 11.5 Å². The third-order valence-corrected chi connectivity index (χ3v) is 2.53. The number of hydrogen-bond acceptors (Lipinski definition) is 3. The van der Waals surface area contributed by atoms with E-state index in [9.17, 15) is 0 Å². The fourth-order valence-electron chi connectivity index (χ4n) is 1.40. The fourth-order valence-corrected chi connectivity index (χ4v) is 1.40. The molecule has 3 heteroatoms. The Labute approximate surface area is 96.9 Å². The summed E-state index contributed by atoms with van der Waals surface area (Å²) in [5.74, 6) is 1.47. The van der Waals surface area contributed by atoms with Gasteiger partial charge in [-0.25, -0.2) is 0 Å². The first-order valence-electron chi connectivity index (χ1n) is 5.25. The van der Waals surface area contributed by atoms with Crippen LogP contribution in [-0.2, 0) is 0 Å². The Morgan fingerprint density at radius 2 is 2.00 bits per heavy atom. The Morgan fingerprint density at radius 3 is 2.50 bits per heavy atom. The van der Waals surface area contributed by atoms with Crippen molar-refractivity contribution in [2.75, 3.05) is 14.2 Å². The summed E-state index contributed by atoms with van der Waals surface area (Å²) in [4.78, 5) is 0. The molecule has 0 saturated carbocycles. The monoisotopic (exact) mass is 221 g/mol. The predicted octanol–water partition coefficient (Wildman–Crippen LogP) is 2.45. The van der Waals surface area contributed by atoms with Crippen LogP contribution >= 0.6 is 0 Å². The van der Waals surface area contributed by atoms with E-state index < -0.39 is 0 Å². The van der Waals surface area contributed by atoms with E-state index in [4.69, 9.17) is 15.2 Å². The summed E-state index contributed by atoms with van der Waals surface area (Å²) in [6.45, 7) is 3.96. The van der Waals surface area contributed by atoms with Gasteiger partial charge in [-0.3, -0.25) is 0 Å². The molecule has 16 heavy (non-hydrogen) atoms. The van der Waals surface area contributed by atoms with Crippen LogP contribution in [0, 0.1) is 0 Å². The number of para-hydroxylation sites is 1. The van der Waals surface area contributed by atoms with Crippen LogP contribution in [0.4, 0.5) is 0 Å². The molecule has 0 aliphatic carbocycles. The lowest BCUT2D eigenvalue weighted by Crippen LogP contribution is -2.15. The zero-order valence-corrected chi connectivity index (χ0v) is 10.3. The Morgan fingerprint density at radius 1 is 1.31 bits per heavy atom. The Balaban J connectivity index is 3.18. The highest BCUT2D eigenvalue weighted by Gasteiger charge is 2.08. The van der Waals surface area contributed by atoms with E-state index in [1.807, 2.05) is 38.1 Å². The van der Waals surface area contributed by atoms with Crippen LogP contribution in [0.1, 0.15) is 19.4 Å². The number of nitrogens with two attached hydrogens (primary N) is 1. The minimum Gasteiger partial charge on any atom is -0.493 e. The summed E-state index contributed by atoms with van der Waals surface area (Å²) < 4.78 is 10.6. The third-order valence-electron chi connectivity index (χ3n) is 2.53. The minimum absolute atomic E-state index is 0.0379. The largest absolute Gasteiger partial charge is 0.493 e. The summed E-state index contributed by atoms with van der Waals surface area (Å²) in [7, 11) is 3.26. The predicted molar refractivity (Wildman–Crippen MR) is 66.8 cm³/mol. The molecule has 0 bridgehead atoms. The van der Waals surface area contributed by atoms with Gasteiger partial charge in [0, 0.05) is 11.6 Å². The Hall–Kier alpha value is -1.48. The lowest BCUT2D eigenvalue weighted by Gasteiger charge is -2.12. The van der Waals surface area contributed by atoms with Crippen molar-refractivity contribution in [3.63, 3.8) is 0 Å². The van der Waals surface area contributed by atoms with Crippen LogP contribution in [0.15, 0.2) is 23.8 Å². The van der Waals surface area contributed by atoms with Gasteiger partial charge in [0.25, 0.3) is 0 Å². The molecule has 0 radical (unpaired) electrons. The van der Waals surface area contributed by atoms with Crippen LogP contribution in [0.25, 0.3) is 6.08 Å². The molecule has 0 spiro atoms. The molecule has 1 rings (SSSR count). The smallest absolute Gasteiger partial charge is 0.167 e. The van der Waals surface area contributed by atoms with E-state index in [2.05, 4.69) is 0 Å². The molecule has 88 valence electrons. The van der Waals surface area contributed by atoms with Crippen molar-refractivity contribution in [3.8, 4) is 11.5 Å². The van der Waals surface area contributed by atoms with Crippen molar-refractivity contribution in [2.24, 2.45) is 5.73 Å². The van der Waals surface area contributed by atoms with E-state index >= 15 is 0 Å². The van der Waals surface area contributed by atoms with Gasteiger partial charge in [0.2, 0.25) is 0 Å². The number of ether oxygens (including phenoxy) is 2. The first-order chi connectivity index (χ1) is 7.60. The Bertz CT molecular complexity index is 384. The normalized spacial score (nSPS) is 13.4. The topological polar surface area (TPSA) is 44.5 Å². The number of hydrogen-bond donors (Lipinski definition) is 1. The third kappa shape index (κ3) is 2.76. The standard InChI is InChI=1S/C13H19NO2/c1-9(10(2)14)8-11-6-5-7-12(15-3)13(11)16-4/h5-8,10H,14H2,1-4H3/b9-8-. The molecule has 0 aromatic heterocycles. The average Bonchev–Trinajstić information content (AvgIpc) is 2.28. The maximum atomic E-state index is 5.81. The summed E-state index contributed by atoms with van der Waals surface area (Å²) >= 11 is 0. The molecule has 3 nitrogen and oxygen atoms in total. The molecule has 1 aromatic carbocycles.